The van der Waals surface area contributed by atoms with Crippen LogP contribution in [0.2, 0.25) is 0 Å². The predicted octanol–water partition coefficient (Wildman–Crippen LogP) is 1.58. The van der Waals surface area contributed by atoms with E-state index >= 15 is 0 Å². The molecular weight excluding hydrogens is 140 g/mol. The fourth-order valence-corrected chi connectivity index (χ4v) is 1.77. The third-order valence-electron chi connectivity index (χ3n) is 2.85. The molecule has 0 aromatic rings. The predicted molar refractivity (Wildman–Crippen MR) is 42.2 cm³/mol. The van der Waals surface area contributed by atoms with E-state index in [2.05, 4.69) is 0 Å². The summed E-state index contributed by atoms with van der Waals surface area (Å²) in [4.78, 5) is 21.4. The summed E-state index contributed by atoms with van der Waals surface area (Å²) in [5, 5.41) is 0. The highest BCUT2D eigenvalue weighted by Crippen LogP contribution is 2.37. The zero-order chi connectivity index (χ0) is 8.32. The number of hydrogen-bond donors (Lipinski definition) is 0. The van der Waals surface area contributed by atoms with E-state index in [0.717, 1.165) is 38.3 Å². The standard InChI is InChI=1S/C9H14O2/c1-8-4-2-3-5-9(8,6-10)7-11/h6-8H,2-5H2,1H3. The van der Waals surface area contributed by atoms with Crippen molar-refractivity contribution in [1.82, 2.24) is 0 Å². The molecule has 2 heteroatoms. The van der Waals surface area contributed by atoms with Crippen molar-refractivity contribution >= 4 is 12.6 Å². The van der Waals surface area contributed by atoms with Crippen LogP contribution in [0.4, 0.5) is 0 Å². The lowest BCUT2D eigenvalue weighted by molar-refractivity contribution is -0.131. The first kappa shape index (κ1) is 8.44. The number of aldehydes is 2. The van der Waals surface area contributed by atoms with Gasteiger partial charge in [-0.05, 0) is 18.8 Å². The van der Waals surface area contributed by atoms with Crippen LogP contribution in [-0.4, -0.2) is 12.6 Å². The van der Waals surface area contributed by atoms with Crippen LogP contribution in [0.1, 0.15) is 32.6 Å². The van der Waals surface area contributed by atoms with E-state index in [1.807, 2.05) is 6.92 Å². The van der Waals surface area contributed by atoms with Crippen LogP contribution in [0.25, 0.3) is 0 Å². The topological polar surface area (TPSA) is 34.1 Å². The Hall–Kier alpha value is -0.660. The lowest BCUT2D eigenvalue weighted by Crippen LogP contribution is -2.35. The van der Waals surface area contributed by atoms with E-state index in [9.17, 15) is 9.59 Å². The lowest BCUT2D eigenvalue weighted by Gasteiger charge is -2.32. The number of carbonyl (C=O) groups excluding carboxylic acids is 2. The van der Waals surface area contributed by atoms with Crippen molar-refractivity contribution in [2.45, 2.75) is 32.6 Å². The first-order chi connectivity index (χ1) is 5.25. The first-order valence-electron chi connectivity index (χ1n) is 4.18. The summed E-state index contributed by atoms with van der Waals surface area (Å²) in [6.45, 7) is 1.99. The van der Waals surface area contributed by atoms with E-state index in [1.54, 1.807) is 0 Å². The molecule has 11 heavy (non-hydrogen) atoms. The maximum Gasteiger partial charge on any atom is 0.133 e. The summed E-state index contributed by atoms with van der Waals surface area (Å²) < 4.78 is 0. The number of carbonyl (C=O) groups is 2. The quantitative estimate of drug-likeness (QED) is 0.447. The SMILES string of the molecule is CC1CCCCC1(C=O)C=O. The Morgan fingerprint density at radius 3 is 2.27 bits per heavy atom. The van der Waals surface area contributed by atoms with Crippen LogP contribution < -0.4 is 0 Å². The van der Waals surface area contributed by atoms with Gasteiger partial charge in [-0.3, -0.25) is 0 Å². The van der Waals surface area contributed by atoms with Crippen LogP contribution in [0.15, 0.2) is 0 Å². The van der Waals surface area contributed by atoms with Gasteiger partial charge in [0.2, 0.25) is 0 Å². The van der Waals surface area contributed by atoms with Gasteiger partial charge in [-0.2, -0.15) is 0 Å². The Morgan fingerprint density at radius 2 is 1.91 bits per heavy atom. The van der Waals surface area contributed by atoms with Gasteiger partial charge in [-0.1, -0.05) is 19.8 Å². The molecule has 1 rings (SSSR count). The van der Waals surface area contributed by atoms with E-state index in [4.69, 9.17) is 0 Å². The smallest absolute Gasteiger partial charge is 0.133 e. The second-order valence-corrected chi connectivity index (χ2v) is 3.49. The third kappa shape index (κ3) is 1.35. The van der Waals surface area contributed by atoms with Crippen molar-refractivity contribution in [3.63, 3.8) is 0 Å². The molecule has 1 saturated carbocycles. The molecule has 0 aliphatic heterocycles. The van der Waals surface area contributed by atoms with Gasteiger partial charge in [0.05, 0.1) is 5.41 Å². The molecule has 0 spiro atoms. The Morgan fingerprint density at radius 1 is 1.27 bits per heavy atom. The zero-order valence-corrected chi connectivity index (χ0v) is 6.88. The average Bonchev–Trinajstić information content (AvgIpc) is 2.06. The van der Waals surface area contributed by atoms with Gasteiger partial charge in [0.15, 0.2) is 0 Å². The van der Waals surface area contributed by atoms with Crippen molar-refractivity contribution in [2.24, 2.45) is 11.3 Å². The summed E-state index contributed by atoms with van der Waals surface area (Å²) in [5.41, 5.74) is -0.641. The molecule has 0 aromatic heterocycles. The van der Waals surface area contributed by atoms with E-state index in [-0.39, 0.29) is 5.92 Å². The summed E-state index contributed by atoms with van der Waals surface area (Å²) in [6.07, 6.45) is 5.61. The highest BCUT2D eigenvalue weighted by molar-refractivity contribution is 5.84. The molecule has 0 saturated heterocycles. The van der Waals surface area contributed by atoms with Crippen molar-refractivity contribution in [3.05, 3.63) is 0 Å². The summed E-state index contributed by atoms with van der Waals surface area (Å²) in [7, 11) is 0. The van der Waals surface area contributed by atoms with Gasteiger partial charge in [0.25, 0.3) is 0 Å². The molecular formula is C9H14O2. The van der Waals surface area contributed by atoms with E-state index in [1.165, 1.54) is 0 Å². The average molecular weight is 154 g/mol. The monoisotopic (exact) mass is 154 g/mol. The largest absolute Gasteiger partial charge is 0.302 e. The molecule has 1 unspecified atom stereocenters. The van der Waals surface area contributed by atoms with Crippen LogP contribution in [-0.2, 0) is 9.59 Å². The van der Waals surface area contributed by atoms with Crippen LogP contribution in [0.5, 0.6) is 0 Å². The minimum absolute atomic E-state index is 0.242. The fraction of sp³-hybridized carbons (Fsp3) is 0.778. The number of hydrogen-bond acceptors (Lipinski definition) is 2. The molecule has 62 valence electrons. The summed E-state index contributed by atoms with van der Waals surface area (Å²) >= 11 is 0. The Balaban J connectivity index is 2.77. The Kier molecular flexibility index (Phi) is 2.42. The normalized spacial score (nSPS) is 29.4. The summed E-state index contributed by atoms with van der Waals surface area (Å²) in [6, 6.07) is 0. The molecule has 0 bridgehead atoms. The highest BCUT2D eigenvalue weighted by atomic mass is 16.1. The molecule has 1 atom stereocenters. The van der Waals surface area contributed by atoms with Crippen molar-refractivity contribution in [1.29, 1.82) is 0 Å². The molecule has 1 fully saturated rings. The minimum atomic E-state index is -0.641. The molecule has 0 aromatic carbocycles. The van der Waals surface area contributed by atoms with Crippen molar-refractivity contribution in [2.75, 3.05) is 0 Å². The van der Waals surface area contributed by atoms with Gasteiger partial charge in [-0.25, -0.2) is 0 Å². The van der Waals surface area contributed by atoms with Crippen LogP contribution >= 0.6 is 0 Å². The lowest BCUT2D eigenvalue weighted by atomic mass is 9.69. The van der Waals surface area contributed by atoms with E-state index < -0.39 is 5.41 Å². The minimum Gasteiger partial charge on any atom is -0.302 e. The maximum atomic E-state index is 10.7. The summed E-state index contributed by atoms with van der Waals surface area (Å²) in [5.74, 6) is 0.242. The highest BCUT2D eigenvalue weighted by Gasteiger charge is 2.37. The van der Waals surface area contributed by atoms with E-state index in [0.29, 0.717) is 0 Å². The van der Waals surface area contributed by atoms with Crippen LogP contribution in [0.3, 0.4) is 0 Å². The molecule has 1 aliphatic rings. The molecule has 0 heterocycles. The van der Waals surface area contributed by atoms with Crippen molar-refractivity contribution < 1.29 is 9.59 Å². The van der Waals surface area contributed by atoms with Gasteiger partial charge in [0, 0.05) is 0 Å². The van der Waals surface area contributed by atoms with Crippen molar-refractivity contribution in [3.8, 4) is 0 Å². The fourth-order valence-electron chi connectivity index (χ4n) is 1.77. The molecule has 0 N–H and O–H groups in total. The Bertz CT molecular complexity index is 155. The zero-order valence-electron chi connectivity index (χ0n) is 6.88. The van der Waals surface area contributed by atoms with Crippen LogP contribution in [0, 0.1) is 11.3 Å². The Labute approximate surface area is 67.0 Å². The second-order valence-electron chi connectivity index (χ2n) is 3.49. The third-order valence-corrected chi connectivity index (χ3v) is 2.85. The van der Waals surface area contributed by atoms with Gasteiger partial charge in [0.1, 0.15) is 12.6 Å². The van der Waals surface area contributed by atoms with Gasteiger partial charge in [-0.15, -0.1) is 0 Å². The van der Waals surface area contributed by atoms with Gasteiger partial charge >= 0.3 is 0 Å². The molecule has 0 radical (unpaired) electrons. The maximum absolute atomic E-state index is 10.7. The first-order valence-corrected chi connectivity index (χ1v) is 4.18. The van der Waals surface area contributed by atoms with Gasteiger partial charge < -0.3 is 9.59 Å². The molecule has 2 nitrogen and oxygen atoms in total. The number of rotatable bonds is 2. The molecule has 1 aliphatic carbocycles. The molecule has 0 amide bonds. The second kappa shape index (κ2) is 3.16.